The summed E-state index contributed by atoms with van der Waals surface area (Å²) in [4.78, 5) is 20.5. The van der Waals surface area contributed by atoms with Crippen LogP contribution in [0.5, 0.6) is 0 Å². The standard InChI is InChI=1S/C21H29FN3O6PS/c1-6-30-32(27,31-7-2)12-13-33(28,29)25(5)21-23-19(15(3)4)18(14-26)20(24-21)16-8-10-17(22)11-9-16/h8-11,14-15H,6-7,12-13H2,1-5H3. The van der Waals surface area contributed by atoms with Crippen LogP contribution in [0.4, 0.5) is 10.3 Å². The van der Waals surface area contributed by atoms with Gasteiger partial charge < -0.3 is 9.05 Å². The summed E-state index contributed by atoms with van der Waals surface area (Å²) in [7, 11) is -6.32. The largest absolute Gasteiger partial charge is 0.331 e. The van der Waals surface area contributed by atoms with Crippen molar-refractivity contribution in [2.24, 2.45) is 0 Å². The zero-order chi connectivity index (χ0) is 24.8. The van der Waals surface area contributed by atoms with Gasteiger partial charge in [-0.3, -0.25) is 9.36 Å². The number of sulfonamides is 1. The molecule has 0 amide bonds. The summed E-state index contributed by atoms with van der Waals surface area (Å²) in [5.74, 6) is -1.37. The Morgan fingerprint density at radius 1 is 1.12 bits per heavy atom. The Morgan fingerprint density at radius 3 is 2.18 bits per heavy atom. The summed E-state index contributed by atoms with van der Waals surface area (Å²) in [5, 5.41) is 0. The lowest BCUT2D eigenvalue weighted by molar-refractivity contribution is 0.112. The number of aldehydes is 1. The Labute approximate surface area is 193 Å². The van der Waals surface area contributed by atoms with Crippen LogP contribution in [0.25, 0.3) is 11.3 Å². The van der Waals surface area contributed by atoms with Gasteiger partial charge in [0.25, 0.3) is 0 Å². The zero-order valence-electron chi connectivity index (χ0n) is 19.3. The summed E-state index contributed by atoms with van der Waals surface area (Å²) in [6.45, 7) is 7.12. The molecule has 2 rings (SSSR count). The van der Waals surface area contributed by atoms with Gasteiger partial charge in [-0.25, -0.2) is 27.1 Å². The average Bonchev–Trinajstić information content (AvgIpc) is 2.77. The maximum atomic E-state index is 13.4. The molecule has 0 spiro atoms. The highest BCUT2D eigenvalue weighted by molar-refractivity contribution is 7.93. The molecule has 0 aliphatic heterocycles. The third kappa shape index (κ3) is 6.66. The number of halogens is 1. The number of hydrogen-bond acceptors (Lipinski definition) is 8. The number of carbonyl (C=O) groups is 1. The maximum Gasteiger partial charge on any atom is 0.331 e. The van der Waals surface area contributed by atoms with E-state index in [0.717, 1.165) is 4.31 Å². The summed E-state index contributed by atoms with van der Waals surface area (Å²) >= 11 is 0. The van der Waals surface area contributed by atoms with E-state index >= 15 is 0 Å². The van der Waals surface area contributed by atoms with Crippen LogP contribution < -0.4 is 4.31 Å². The first-order chi connectivity index (χ1) is 15.5. The Morgan fingerprint density at radius 2 is 1.70 bits per heavy atom. The van der Waals surface area contributed by atoms with Crippen molar-refractivity contribution < 1.29 is 31.2 Å². The van der Waals surface area contributed by atoms with Crippen molar-refractivity contribution in [1.29, 1.82) is 0 Å². The Balaban J connectivity index is 2.50. The zero-order valence-corrected chi connectivity index (χ0v) is 21.0. The van der Waals surface area contributed by atoms with Gasteiger partial charge in [0.15, 0.2) is 6.29 Å². The second kappa shape index (κ2) is 11.3. The fraction of sp³-hybridized carbons (Fsp3) is 0.476. The third-order valence-electron chi connectivity index (χ3n) is 4.72. The first-order valence-corrected chi connectivity index (χ1v) is 13.8. The number of anilines is 1. The monoisotopic (exact) mass is 501 g/mol. The minimum Gasteiger partial charge on any atom is -0.309 e. The van der Waals surface area contributed by atoms with Gasteiger partial charge in [0.05, 0.1) is 42.1 Å². The molecule has 12 heteroatoms. The third-order valence-corrected chi connectivity index (χ3v) is 8.81. The highest BCUT2D eigenvalue weighted by Crippen LogP contribution is 2.48. The van der Waals surface area contributed by atoms with Crippen molar-refractivity contribution in [3.05, 3.63) is 41.3 Å². The van der Waals surface area contributed by atoms with Gasteiger partial charge in [-0.1, -0.05) is 13.8 Å². The molecule has 0 atom stereocenters. The van der Waals surface area contributed by atoms with Crippen molar-refractivity contribution in [2.75, 3.05) is 36.5 Å². The molecule has 1 heterocycles. The Kier molecular flexibility index (Phi) is 9.25. The highest BCUT2D eigenvalue weighted by Gasteiger charge is 2.31. The molecule has 0 unspecified atom stereocenters. The van der Waals surface area contributed by atoms with Gasteiger partial charge in [0, 0.05) is 12.6 Å². The molecular weight excluding hydrogens is 472 g/mol. The summed E-state index contributed by atoms with van der Waals surface area (Å²) in [6.07, 6.45) is 0.266. The number of rotatable bonds is 12. The maximum absolute atomic E-state index is 13.4. The van der Waals surface area contributed by atoms with E-state index in [1.807, 2.05) is 13.8 Å². The van der Waals surface area contributed by atoms with Crippen LogP contribution in [-0.4, -0.2) is 56.8 Å². The lowest BCUT2D eigenvalue weighted by atomic mass is 9.99. The van der Waals surface area contributed by atoms with Crippen LogP contribution in [0.2, 0.25) is 0 Å². The van der Waals surface area contributed by atoms with E-state index in [2.05, 4.69) is 9.97 Å². The summed E-state index contributed by atoms with van der Waals surface area (Å²) < 4.78 is 63.3. The average molecular weight is 502 g/mol. The van der Waals surface area contributed by atoms with Crippen LogP contribution in [0.1, 0.15) is 49.7 Å². The fourth-order valence-corrected chi connectivity index (χ4v) is 6.59. The van der Waals surface area contributed by atoms with Gasteiger partial charge in [-0.05, 0) is 44.0 Å². The lowest BCUT2D eigenvalue weighted by Gasteiger charge is -2.22. The molecule has 0 bridgehead atoms. The van der Waals surface area contributed by atoms with E-state index in [1.165, 1.54) is 31.3 Å². The van der Waals surface area contributed by atoms with Crippen LogP contribution in [0.15, 0.2) is 24.3 Å². The molecule has 0 aliphatic carbocycles. The van der Waals surface area contributed by atoms with Gasteiger partial charge in [-0.2, -0.15) is 0 Å². The molecule has 1 aromatic heterocycles. The number of carbonyl (C=O) groups excluding carboxylic acids is 1. The molecule has 0 saturated heterocycles. The van der Waals surface area contributed by atoms with E-state index in [4.69, 9.17) is 9.05 Å². The molecule has 0 saturated carbocycles. The lowest BCUT2D eigenvalue weighted by Crippen LogP contribution is -2.32. The van der Waals surface area contributed by atoms with E-state index < -0.39 is 29.2 Å². The van der Waals surface area contributed by atoms with E-state index in [0.29, 0.717) is 17.5 Å². The minimum absolute atomic E-state index is 0.113. The van der Waals surface area contributed by atoms with Crippen molar-refractivity contribution >= 4 is 29.9 Å². The molecule has 1 aromatic carbocycles. The number of benzene rings is 1. The minimum atomic E-state index is -4.02. The molecule has 0 N–H and O–H groups in total. The number of nitrogens with zero attached hydrogens (tertiary/aromatic N) is 3. The van der Waals surface area contributed by atoms with E-state index in [1.54, 1.807) is 13.8 Å². The van der Waals surface area contributed by atoms with Gasteiger partial charge in [-0.15, -0.1) is 0 Å². The van der Waals surface area contributed by atoms with Crippen molar-refractivity contribution in [2.45, 2.75) is 33.6 Å². The Bertz CT molecular complexity index is 1120. The van der Waals surface area contributed by atoms with Crippen LogP contribution in [0.3, 0.4) is 0 Å². The number of hydrogen-bond donors (Lipinski definition) is 0. The van der Waals surface area contributed by atoms with Crippen LogP contribution in [0, 0.1) is 5.82 Å². The molecule has 2 aromatic rings. The molecule has 33 heavy (non-hydrogen) atoms. The quantitative estimate of drug-likeness (QED) is 0.313. The smallest absolute Gasteiger partial charge is 0.309 e. The van der Waals surface area contributed by atoms with E-state index in [9.17, 15) is 22.2 Å². The summed E-state index contributed by atoms with van der Waals surface area (Å²) in [6, 6.07) is 5.35. The summed E-state index contributed by atoms with van der Waals surface area (Å²) in [5.41, 5.74) is 1.18. The highest BCUT2D eigenvalue weighted by atomic mass is 32.2. The second-order valence-electron chi connectivity index (χ2n) is 7.40. The topological polar surface area (TPSA) is 116 Å². The predicted octanol–water partition coefficient (Wildman–Crippen LogP) is 4.25. The van der Waals surface area contributed by atoms with Gasteiger partial charge >= 0.3 is 7.60 Å². The van der Waals surface area contributed by atoms with Gasteiger partial charge in [0.1, 0.15) is 5.82 Å². The molecule has 0 aliphatic rings. The van der Waals surface area contributed by atoms with Crippen LogP contribution >= 0.6 is 7.60 Å². The fourth-order valence-electron chi connectivity index (χ4n) is 3.05. The second-order valence-corrected chi connectivity index (χ2v) is 11.7. The van der Waals surface area contributed by atoms with E-state index in [-0.39, 0.29) is 42.5 Å². The van der Waals surface area contributed by atoms with Crippen LogP contribution in [-0.2, 0) is 23.6 Å². The molecule has 182 valence electrons. The SMILES string of the molecule is CCOP(=O)(CCS(=O)(=O)N(C)c1nc(-c2ccc(F)cc2)c(C=O)c(C(C)C)n1)OCC. The first-order valence-electron chi connectivity index (χ1n) is 10.5. The Hall–Kier alpha value is -2.20. The van der Waals surface area contributed by atoms with Crippen molar-refractivity contribution in [3.63, 3.8) is 0 Å². The van der Waals surface area contributed by atoms with Crippen molar-refractivity contribution in [1.82, 2.24) is 9.97 Å². The molecule has 9 nitrogen and oxygen atoms in total. The first kappa shape index (κ1) is 27.0. The van der Waals surface area contributed by atoms with Gasteiger partial charge in [0.2, 0.25) is 16.0 Å². The number of aromatic nitrogens is 2. The normalized spacial score (nSPS) is 12.2. The molecular formula is C21H29FN3O6PS. The van der Waals surface area contributed by atoms with Crippen molar-refractivity contribution in [3.8, 4) is 11.3 Å². The predicted molar refractivity (Wildman–Crippen MR) is 125 cm³/mol. The molecule has 0 fully saturated rings. The molecule has 0 radical (unpaired) electrons.